The fourth-order valence-electron chi connectivity index (χ4n) is 1.12. The molecule has 0 unspecified atom stereocenters. The minimum atomic E-state index is 0.172. The number of benzene rings is 1. The van der Waals surface area contributed by atoms with Gasteiger partial charge >= 0.3 is 0 Å². The molecule has 0 aromatic heterocycles. The lowest BCUT2D eigenvalue weighted by atomic mass is 9.87. The molecule has 2 heteroatoms. The van der Waals surface area contributed by atoms with Gasteiger partial charge in [-0.15, -0.1) is 0 Å². The van der Waals surface area contributed by atoms with E-state index in [2.05, 4.69) is 26.1 Å². The normalized spacial score (nSPS) is 10.6. The fraction of sp³-hybridized carbons (Fsp3) is 0.364. The van der Waals surface area contributed by atoms with Crippen molar-refractivity contribution in [1.29, 1.82) is 5.26 Å². The van der Waals surface area contributed by atoms with E-state index in [0.29, 0.717) is 0 Å². The van der Waals surface area contributed by atoms with Crippen LogP contribution in [-0.4, -0.2) is 0 Å². The molecule has 0 spiro atoms. The van der Waals surface area contributed by atoms with E-state index in [1.165, 1.54) is 5.56 Å². The number of hydrogen-bond donors (Lipinski definition) is 1. The predicted molar refractivity (Wildman–Crippen MR) is 54.4 cm³/mol. The van der Waals surface area contributed by atoms with Gasteiger partial charge in [-0.1, -0.05) is 32.9 Å². The Morgan fingerprint density at radius 3 is 2.08 bits per heavy atom. The zero-order valence-electron chi connectivity index (χ0n) is 8.26. The minimum absolute atomic E-state index is 0.172. The zero-order valence-corrected chi connectivity index (χ0v) is 8.26. The summed E-state index contributed by atoms with van der Waals surface area (Å²) in [7, 11) is 0. The van der Waals surface area contributed by atoms with Gasteiger partial charge in [-0.2, -0.15) is 5.26 Å². The second kappa shape index (κ2) is 3.49. The number of rotatable bonds is 1. The molecule has 0 saturated carbocycles. The van der Waals surface area contributed by atoms with Crippen LogP contribution in [0.1, 0.15) is 26.3 Å². The maximum Gasteiger partial charge on any atom is 0.181 e. The second-order valence-electron chi connectivity index (χ2n) is 4.06. The van der Waals surface area contributed by atoms with Gasteiger partial charge in [0, 0.05) is 5.69 Å². The SMILES string of the molecule is CC(C)(C)c1ccc(NC#N)cc1. The van der Waals surface area contributed by atoms with E-state index in [1.54, 1.807) is 0 Å². The van der Waals surface area contributed by atoms with Crippen molar-refractivity contribution in [3.05, 3.63) is 29.8 Å². The highest BCUT2D eigenvalue weighted by Crippen LogP contribution is 2.23. The Hall–Kier alpha value is -1.49. The third kappa shape index (κ3) is 2.48. The first-order valence-corrected chi connectivity index (χ1v) is 4.29. The average Bonchev–Trinajstić information content (AvgIpc) is 2.04. The number of nitrogens with zero attached hydrogens (tertiary/aromatic N) is 1. The Kier molecular flexibility index (Phi) is 2.57. The van der Waals surface area contributed by atoms with Crippen LogP contribution in [0.25, 0.3) is 0 Å². The standard InChI is InChI=1S/C11H14N2/c1-11(2,3)9-4-6-10(7-5-9)13-8-12/h4-7,13H,1-3H3. The highest BCUT2D eigenvalue weighted by molar-refractivity contribution is 5.48. The van der Waals surface area contributed by atoms with E-state index < -0.39 is 0 Å². The lowest BCUT2D eigenvalue weighted by molar-refractivity contribution is 0.590. The van der Waals surface area contributed by atoms with E-state index in [0.717, 1.165) is 5.69 Å². The van der Waals surface area contributed by atoms with Crippen LogP contribution >= 0.6 is 0 Å². The zero-order chi connectivity index (χ0) is 9.90. The van der Waals surface area contributed by atoms with Crippen LogP contribution in [0.3, 0.4) is 0 Å². The summed E-state index contributed by atoms with van der Waals surface area (Å²) in [6.07, 6.45) is 1.89. The molecule has 1 aromatic rings. The summed E-state index contributed by atoms with van der Waals surface area (Å²) in [6, 6.07) is 7.92. The summed E-state index contributed by atoms with van der Waals surface area (Å²) >= 11 is 0. The van der Waals surface area contributed by atoms with E-state index in [4.69, 9.17) is 5.26 Å². The number of anilines is 1. The van der Waals surface area contributed by atoms with Crippen molar-refractivity contribution in [1.82, 2.24) is 0 Å². The average molecular weight is 174 g/mol. The molecule has 0 fully saturated rings. The molecule has 0 bridgehead atoms. The van der Waals surface area contributed by atoms with Crippen LogP contribution in [0.4, 0.5) is 5.69 Å². The smallest absolute Gasteiger partial charge is 0.181 e. The fourth-order valence-corrected chi connectivity index (χ4v) is 1.12. The summed E-state index contributed by atoms with van der Waals surface area (Å²) in [6.45, 7) is 6.50. The molecule has 0 saturated heterocycles. The van der Waals surface area contributed by atoms with Gasteiger partial charge in [-0.25, -0.2) is 0 Å². The molecule has 13 heavy (non-hydrogen) atoms. The van der Waals surface area contributed by atoms with Gasteiger partial charge in [0.25, 0.3) is 0 Å². The summed E-state index contributed by atoms with van der Waals surface area (Å²) in [5.41, 5.74) is 2.29. The molecule has 0 atom stereocenters. The largest absolute Gasteiger partial charge is 0.293 e. The highest BCUT2D eigenvalue weighted by Gasteiger charge is 2.12. The first kappa shape index (κ1) is 9.60. The summed E-state index contributed by atoms with van der Waals surface area (Å²) in [5.74, 6) is 0. The molecule has 0 amide bonds. The van der Waals surface area contributed by atoms with Crippen LogP contribution in [0.15, 0.2) is 24.3 Å². The summed E-state index contributed by atoms with van der Waals surface area (Å²) in [4.78, 5) is 0. The van der Waals surface area contributed by atoms with Crippen LogP contribution in [-0.2, 0) is 5.41 Å². The van der Waals surface area contributed by atoms with Crippen molar-refractivity contribution in [2.75, 3.05) is 5.32 Å². The maximum atomic E-state index is 8.39. The van der Waals surface area contributed by atoms with Crippen molar-refractivity contribution in [3.63, 3.8) is 0 Å². The van der Waals surface area contributed by atoms with Crippen LogP contribution in [0.2, 0.25) is 0 Å². The van der Waals surface area contributed by atoms with Gasteiger partial charge in [0.05, 0.1) is 0 Å². The Morgan fingerprint density at radius 2 is 1.69 bits per heavy atom. The molecule has 0 heterocycles. The molecule has 0 aliphatic heterocycles. The molecule has 0 aliphatic rings. The Bertz CT molecular complexity index is 311. The van der Waals surface area contributed by atoms with Crippen molar-refractivity contribution in [2.45, 2.75) is 26.2 Å². The van der Waals surface area contributed by atoms with Gasteiger partial charge in [-0.05, 0) is 23.1 Å². The Morgan fingerprint density at radius 1 is 1.15 bits per heavy atom. The third-order valence-corrected chi connectivity index (χ3v) is 1.95. The lowest BCUT2D eigenvalue weighted by Crippen LogP contribution is -2.10. The predicted octanol–water partition coefficient (Wildman–Crippen LogP) is 2.88. The molecule has 2 nitrogen and oxygen atoms in total. The second-order valence-corrected chi connectivity index (χ2v) is 4.06. The monoisotopic (exact) mass is 174 g/mol. The quantitative estimate of drug-likeness (QED) is 0.525. The highest BCUT2D eigenvalue weighted by atomic mass is 14.9. The van der Waals surface area contributed by atoms with E-state index >= 15 is 0 Å². The Labute approximate surface area is 79.2 Å². The van der Waals surface area contributed by atoms with Crippen molar-refractivity contribution in [3.8, 4) is 6.19 Å². The van der Waals surface area contributed by atoms with Crippen LogP contribution < -0.4 is 5.32 Å². The molecular weight excluding hydrogens is 160 g/mol. The van der Waals surface area contributed by atoms with Crippen LogP contribution in [0, 0.1) is 11.5 Å². The number of nitriles is 1. The van der Waals surface area contributed by atoms with Crippen molar-refractivity contribution < 1.29 is 0 Å². The van der Waals surface area contributed by atoms with Gasteiger partial charge < -0.3 is 0 Å². The van der Waals surface area contributed by atoms with Crippen molar-refractivity contribution >= 4 is 5.69 Å². The van der Waals surface area contributed by atoms with E-state index in [9.17, 15) is 0 Å². The minimum Gasteiger partial charge on any atom is -0.293 e. The first-order valence-electron chi connectivity index (χ1n) is 4.29. The molecule has 0 radical (unpaired) electrons. The summed E-state index contributed by atoms with van der Waals surface area (Å²) in [5, 5.41) is 11.0. The number of nitrogens with one attached hydrogen (secondary N) is 1. The third-order valence-electron chi connectivity index (χ3n) is 1.95. The summed E-state index contributed by atoms with van der Waals surface area (Å²) < 4.78 is 0. The van der Waals surface area contributed by atoms with Gasteiger partial charge in [0.1, 0.15) is 0 Å². The lowest BCUT2D eigenvalue weighted by Gasteiger charge is -2.18. The first-order chi connectivity index (χ1) is 6.04. The number of hydrogen-bond acceptors (Lipinski definition) is 2. The molecule has 0 aliphatic carbocycles. The van der Waals surface area contributed by atoms with E-state index in [1.807, 2.05) is 30.5 Å². The molecular formula is C11H14N2. The molecule has 1 aromatic carbocycles. The molecule has 1 N–H and O–H groups in total. The van der Waals surface area contributed by atoms with E-state index in [-0.39, 0.29) is 5.41 Å². The van der Waals surface area contributed by atoms with Crippen LogP contribution in [0.5, 0.6) is 0 Å². The van der Waals surface area contributed by atoms with Gasteiger partial charge in [0.15, 0.2) is 6.19 Å². The maximum absolute atomic E-state index is 8.39. The molecule has 68 valence electrons. The van der Waals surface area contributed by atoms with Crippen molar-refractivity contribution in [2.24, 2.45) is 0 Å². The van der Waals surface area contributed by atoms with Gasteiger partial charge in [0.2, 0.25) is 0 Å². The molecule has 1 rings (SSSR count). The topological polar surface area (TPSA) is 35.8 Å². The Balaban J connectivity index is 2.89. The van der Waals surface area contributed by atoms with Gasteiger partial charge in [-0.3, -0.25) is 5.32 Å².